The van der Waals surface area contributed by atoms with Crippen LogP contribution in [0.2, 0.25) is 0 Å². The Bertz CT molecular complexity index is 251. The first-order chi connectivity index (χ1) is 7.68. The lowest BCUT2D eigenvalue weighted by atomic mass is 10.1. The zero-order chi connectivity index (χ0) is 11.5. The van der Waals surface area contributed by atoms with Crippen LogP contribution in [0.4, 0.5) is 0 Å². The lowest BCUT2D eigenvalue weighted by Gasteiger charge is -2.27. The van der Waals surface area contributed by atoms with Crippen molar-refractivity contribution in [2.75, 3.05) is 26.3 Å². The highest BCUT2D eigenvalue weighted by Crippen LogP contribution is 2.28. The first kappa shape index (κ1) is 11.9. The fraction of sp³-hybridized carbons (Fsp3) is 0.917. The Labute approximate surface area is 97.3 Å². The Hall–Kier alpha value is -0.610. The second kappa shape index (κ2) is 5.15. The van der Waals surface area contributed by atoms with Gasteiger partial charge >= 0.3 is 0 Å². The number of ether oxygens (including phenoxy) is 1. The smallest absolute Gasteiger partial charge is 0.237 e. The van der Waals surface area contributed by atoms with E-state index >= 15 is 0 Å². The molecule has 2 aliphatic rings. The number of carbonyl (C=O) groups is 1. The standard InChI is InChI=1S/C12H22N2O2/c1-9(2)12-13-7-11(15)14(12)5-6-16-8-10-3-4-10/h9-10,12-13H,3-8H2,1-2H3. The highest BCUT2D eigenvalue weighted by Gasteiger charge is 2.32. The van der Waals surface area contributed by atoms with Crippen molar-refractivity contribution in [1.29, 1.82) is 0 Å². The number of hydrogen-bond donors (Lipinski definition) is 1. The van der Waals surface area contributed by atoms with Crippen molar-refractivity contribution in [2.45, 2.75) is 32.9 Å². The third-order valence-corrected chi connectivity index (χ3v) is 3.28. The fourth-order valence-electron chi connectivity index (χ4n) is 2.12. The summed E-state index contributed by atoms with van der Waals surface area (Å²) in [4.78, 5) is 13.6. The molecule has 0 aromatic carbocycles. The number of carbonyl (C=O) groups excluding carboxylic acids is 1. The molecule has 0 aromatic rings. The quantitative estimate of drug-likeness (QED) is 0.682. The molecule has 1 N–H and O–H groups in total. The molecule has 1 unspecified atom stereocenters. The lowest BCUT2D eigenvalue weighted by molar-refractivity contribution is -0.129. The predicted molar refractivity (Wildman–Crippen MR) is 61.9 cm³/mol. The van der Waals surface area contributed by atoms with E-state index in [2.05, 4.69) is 19.2 Å². The van der Waals surface area contributed by atoms with Crippen LogP contribution in [-0.4, -0.2) is 43.3 Å². The Morgan fingerprint density at radius 2 is 2.25 bits per heavy atom. The van der Waals surface area contributed by atoms with Gasteiger partial charge in [0.25, 0.3) is 0 Å². The minimum Gasteiger partial charge on any atom is -0.379 e. The maximum absolute atomic E-state index is 11.6. The van der Waals surface area contributed by atoms with E-state index in [1.165, 1.54) is 12.8 Å². The molecule has 1 aliphatic carbocycles. The van der Waals surface area contributed by atoms with E-state index in [9.17, 15) is 4.79 Å². The maximum atomic E-state index is 11.6. The molecule has 0 aromatic heterocycles. The summed E-state index contributed by atoms with van der Waals surface area (Å²) in [6, 6.07) is 0. The number of hydrogen-bond acceptors (Lipinski definition) is 3. The van der Waals surface area contributed by atoms with E-state index in [1.54, 1.807) is 0 Å². The summed E-state index contributed by atoms with van der Waals surface area (Å²) in [5, 5.41) is 3.24. The van der Waals surface area contributed by atoms with Gasteiger partial charge in [-0.3, -0.25) is 10.1 Å². The van der Waals surface area contributed by atoms with Gasteiger partial charge in [-0.05, 0) is 24.7 Å². The van der Waals surface area contributed by atoms with Crippen molar-refractivity contribution in [1.82, 2.24) is 10.2 Å². The number of nitrogens with zero attached hydrogens (tertiary/aromatic N) is 1. The molecule has 92 valence electrons. The normalized spacial score (nSPS) is 25.8. The average molecular weight is 226 g/mol. The van der Waals surface area contributed by atoms with Gasteiger partial charge < -0.3 is 9.64 Å². The van der Waals surface area contributed by atoms with Gasteiger partial charge in [0.05, 0.1) is 19.3 Å². The summed E-state index contributed by atoms with van der Waals surface area (Å²) >= 11 is 0. The molecule has 2 fully saturated rings. The Balaban J connectivity index is 1.70. The number of nitrogens with one attached hydrogen (secondary N) is 1. The van der Waals surface area contributed by atoms with Gasteiger partial charge in [0, 0.05) is 13.2 Å². The molecule has 0 spiro atoms. The zero-order valence-electron chi connectivity index (χ0n) is 10.2. The summed E-state index contributed by atoms with van der Waals surface area (Å²) in [5.74, 6) is 1.46. The number of amides is 1. The van der Waals surface area contributed by atoms with Crippen LogP contribution in [0.1, 0.15) is 26.7 Å². The topological polar surface area (TPSA) is 41.6 Å². The van der Waals surface area contributed by atoms with Crippen molar-refractivity contribution in [3.05, 3.63) is 0 Å². The van der Waals surface area contributed by atoms with E-state index in [4.69, 9.17) is 4.74 Å². The monoisotopic (exact) mass is 226 g/mol. The molecule has 1 atom stereocenters. The van der Waals surface area contributed by atoms with Gasteiger partial charge in [-0.25, -0.2) is 0 Å². The van der Waals surface area contributed by atoms with Crippen molar-refractivity contribution in [3.63, 3.8) is 0 Å². The Kier molecular flexibility index (Phi) is 3.82. The summed E-state index contributed by atoms with van der Waals surface area (Å²) in [6.07, 6.45) is 2.83. The van der Waals surface area contributed by atoms with E-state index in [0.29, 0.717) is 19.1 Å². The van der Waals surface area contributed by atoms with Crippen molar-refractivity contribution in [2.24, 2.45) is 11.8 Å². The highest BCUT2D eigenvalue weighted by atomic mass is 16.5. The third-order valence-electron chi connectivity index (χ3n) is 3.28. The summed E-state index contributed by atoms with van der Waals surface area (Å²) < 4.78 is 5.57. The zero-order valence-corrected chi connectivity index (χ0v) is 10.2. The van der Waals surface area contributed by atoms with E-state index in [0.717, 1.165) is 19.1 Å². The van der Waals surface area contributed by atoms with Crippen LogP contribution in [0.3, 0.4) is 0 Å². The fourth-order valence-corrected chi connectivity index (χ4v) is 2.12. The maximum Gasteiger partial charge on any atom is 0.237 e. The van der Waals surface area contributed by atoms with Crippen molar-refractivity contribution < 1.29 is 9.53 Å². The van der Waals surface area contributed by atoms with Crippen LogP contribution in [0.5, 0.6) is 0 Å². The Morgan fingerprint density at radius 3 is 2.88 bits per heavy atom. The largest absolute Gasteiger partial charge is 0.379 e. The van der Waals surface area contributed by atoms with E-state index in [1.807, 2.05) is 4.90 Å². The predicted octanol–water partition coefficient (Wildman–Crippen LogP) is 0.827. The van der Waals surface area contributed by atoms with E-state index < -0.39 is 0 Å². The first-order valence-electron chi connectivity index (χ1n) is 6.29. The first-order valence-corrected chi connectivity index (χ1v) is 6.29. The summed E-state index contributed by atoms with van der Waals surface area (Å²) in [5.41, 5.74) is 0. The van der Waals surface area contributed by atoms with Gasteiger partial charge in [0.15, 0.2) is 0 Å². The second-order valence-corrected chi connectivity index (χ2v) is 5.18. The van der Waals surface area contributed by atoms with Crippen LogP contribution in [-0.2, 0) is 9.53 Å². The minimum absolute atomic E-state index is 0.192. The average Bonchev–Trinajstić information content (AvgIpc) is 2.98. The molecule has 0 bridgehead atoms. The van der Waals surface area contributed by atoms with Crippen molar-refractivity contribution in [3.8, 4) is 0 Å². The molecule has 1 saturated carbocycles. The molecule has 1 saturated heterocycles. The van der Waals surface area contributed by atoms with Crippen LogP contribution in [0, 0.1) is 11.8 Å². The van der Waals surface area contributed by atoms with Gasteiger partial charge in [-0.2, -0.15) is 0 Å². The van der Waals surface area contributed by atoms with Crippen LogP contribution in [0.25, 0.3) is 0 Å². The van der Waals surface area contributed by atoms with E-state index in [-0.39, 0.29) is 12.1 Å². The second-order valence-electron chi connectivity index (χ2n) is 5.18. The molecule has 2 rings (SSSR count). The van der Waals surface area contributed by atoms with Crippen LogP contribution < -0.4 is 5.32 Å². The third kappa shape index (κ3) is 2.95. The lowest BCUT2D eigenvalue weighted by Crippen LogP contribution is -2.43. The minimum atomic E-state index is 0.192. The van der Waals surface area contributed by atoms with Gasteiger partial charge in [0.1, 0.15) is 0 Å². The molecule has 1 heterocycles. The summed E-state index contributed by atoms with van der Waals surface area (Å²) in [7, 11) is 0. The van der Waals surface area contributed by atoms with Gasteiger partial charge in [-0.15, -0.1) is 0 Å². The van der Waals surface area contributed by atoms with Crippen LogP contribution in [0.15, 0.2) is 0 Å². The van der Waals surface area contributed by atoms with Gasteiger partial charge in [0.2, 0.25) is 5.91 Å². The molecule has 16 heavy (non-hydrogen) atoms. The molecule has 4 nitrogen and oxygen atoms in total. The molecular weight excluding hydrogens is 204 g/mol. The highest BCUT2D eigenvalue weighted by molar-refractivity contribution is 5.80. The molecule has 1 amide bonds. The number of rotatable bonds is 6. The van der Waals surface area contributed by atoms with Crippen LogP contribution >= 0.6 is 0 Å². The molecule has 0 radical (unpaired) electrons. The molecule has 4 heteroatoms. The Morgan fingerprint density at radius 1 is 1.50 bits per heavy atom. The molecular formula is C12H22N2O2. The SMILES string of the molecule is CC(C)C1NCC(=O)N1CCOCC1CC1. The molecule has 1 aliphatic heterocycles. The van der Waals surface area contributed by atoms with Crippen molar-refractivity contribution >= 4 is 5.91 Å². The van der Waals surface area contributed by atoms with Gasteiger partial charge in [-0.1, -0.05) is 13.8 Å². The summed E-state index contributed by atoms with van der Waals surface area (Å²) in [6.45, 7) is 7.02.